The lowest BCUT2D eigenvalue weighted by atomic mass is 10.1. The van der Waals surface area contributed by atoms with Gasteiger partial charge in [0.2, 0.25) is 0 Å². The van der Waals surface area contributed by atoms with Gasteiger partial charge in [0.25, 0.3) is 5.91 Å². The minimum Gasteiger partial charge on any atom is -0.398 e. The Morgan fingerprint density at radius 1 is 1.33 bits per heavy atom. The minimum absolute atomic E-state index is 0. The second kappa shape index (κ2) is 10.00. The number of carbonyl (C=O) groups excluding carboxylic acids is 1. The molecule has 0 spiro atoms. The van der Waals surface area contributed by atoms with Gasteiger partial charge in [-0.2, -0.15) is 0 Å². The summed E-state index contributed by atoms with van der Waals surface area (Å²) in [6, 6.07) is 7.09. The van der Waals surface area contributed by atoms with E-state index in [1.807, 2.05) is 19.2 Å². The Morgan fingerprint density at radius 2 is 1.94 bits per heavy atom. The number of amides is 1. The molecule has 0 unspecified atom stereocenters. The molecule has 0 aliphatic heterocycles. The maximum atomic E-state index is 11.7. The van der Waals surface area contributed by atoms with Crippen LogP contribution in [0.4, 0.5) is 5.69 Å². The molecule has 0 radical (unpaired) electrons. The maximum absolute atomic E-state index is 11.7. The number of nitrogens with zero attached hydrogens (tertiary/aromatic N) is 1. The van der Waals surface area contributed by atoms with Gasteiger partial charge in [-0.3, -0.25) is 4.79 Å². The van der Waals surface area contributed by atoms with E-state index < -0.39 is 0 Å². The zero-order chi connectivity index (χ0) is 12.0. The molecule has 0 bridgehead atoms. The van der Waals surface area contributed by atoms with Gasteiger partial charge >= 0.3 is 0 Å². The Morgan fingerprint density at radius 3 is 2.50 bits per heavy atom. The highest BCUT2D eigenvalue weighted by atomic mass is 35.5. The molecule has 18 heavy (non-hydrogen) atoms. The van der Waals surface area contributed by atoms with Crippen molar-refractivity contribution >= 4 is 36.4 Å². The van der Waals surface area contributed by atoms with Crippen LogP contribution in [0.25, 0.3) is 0 Å². The lowest BCUT2D eigenvalue weighted by molar-refractivity contribution is 0.0951. The number of nitrogens with one attached hydrogen (secondary N) is 1. The van der Waals surface area contributed by atoms with Crippen molar-refractivity contribution in [3.05, 3.63) is 29.8 Å². The lowest BCUT2D eigenvalue weighted by Crippen LogP contribution is -2.33. The Labute approximate surface area is 121 Å². The third-order valence-corrected chi connectivity index (χ3v) is 2.52. The van der Waals surface area contributed by atoms with Crippen molar-refractivity contribution in [2.75, 3.05) is 32.4 Å². The number of nitrogen functional groups attached to an aromatic ring is 1. The quantitative estimate of drug-likeness (QED) is 0.814. The molecule has 0 aliphatic carbocycles. The fourth-order valence-corrected chi connectivity index (χ4v) is 1.32. The first-order chi connectivity index (χ1) is 7.65. The maximum Gasteiger partial charge on any atom is 0.253 e. The van der Waals surface area contributed by atoms with Crippen LogP contribution in [0.1, 0.15) is 17.3 Å². The van der Waals surface area contributed by atoms with Gasteiger partial charge in [0.15, 0.2) is 0 Å². The molecule has 0 aliphatic rings. The number of carbonyl (C=O) groups is 1. The Balaban J connectivity index is 0. The van der Waals surface area contributed by atoms with Crippen molar-refractivity contribution in [2.45, 2.75) is 6.92 Å². The van der Waals surface area contributed by atoms with E-state index in [-0.39, 0.29) is 30.7 Å². The summed E-state index contributed by atoms with van der Waals surface area (Å²) in [6.07, 6.45) is 0. The van der Waals surface area contributed by atoms with Gasteiger partial charge in [0.1, 0.15) is 0 Å². The highest BCUT2D eigenvalue weighted by Gasteiger charge is 2.07. The SMILES string of the molecule is CCN(C)CCNC(=O)c1ccccc1N.Cl.Cl. The fourth-order valence-electron chi connectivity index (χ4n) is 1.32. The van der Waals surface area contributed by atoms with E-state index in [0.717, 1.165) is 13.1 Å². The first-order valence-electron chi connectivity index (χ1n) is 5.46. The van der Waals surface area contributed by atoms with Crippen molar-refractivity contribution in [3.8, 4) is 0 Å². The van der Waals surface area contributed by atoms with Crippen molar-refractivity contribution in [3.63, 3.8) is 0 Å². The number of hydrogen-bond acceptors (Lipinski definition) is 3. The lowest BCUT2D eigenvalue weighted by Gasteiger charge is -2.14. The highest BCUT2D eigenvalue weighted by Crippen LogP contribution is 2.09. The van der Waals surface area contributed by atoms with Gasteiger partial charge < -0.3 is 16.0 Å². The van der Waals surface area contributed by atoms with E-state index in [1.54, 1.807) is 12.1 Å². The van der Waals surface area contributed by atoms with Crippen molar-refractivity contribution in [2.24, 2.45) is 0 Å². The molecular weight excluding hydrogens is 273 g/mol. The van der Waals surface area contributed by atoms with Crippen LogP contribution < -0.4 is 11.1 Å². The topological polar surface area (TPSA) is 58.4 Å². The monoisotopic (exact) mass is 293 g/mol. The van der Waals surface area contributed by atoms with Crippen LogP contribution in [0, 0.1) is 0 Å². The summed E-state index contributed by atoms with van der Waals surface area (Å²) in [7, 11) is 2.02. The predicted molar refractivity (Wildman–Crippen MR) is 80.9 cm³/mol. The standard InChI is InChI=1S/C12H19N3O.2ClH/c1-3-15(2)9-8-14-12(16)10-6-4-5-7-11(10)13;;/h4-7H,3,8-9,13H2,1-2H3,(H,14,16);2*1H. The molecule has 0 heterocycles. The number of anilines is 1. The smallest absolute Gasteiger partial charge is 0.253 e. The average Bonchev–Trinajstić information content (AvgIpc) is 2.29. The van der Waals surface area contributed by atoms with E-state index in [2.05, 4.69) is 17.1 Å². The molecule has 0 fully saturated rings. The number of likely N-dealkylation sites (N-methyl/N-ethyl adjacent to an activating group) is 1. The summed E-state index contributed by atoms with van der Waals surface area (Å²) >= 11 is 0. The van der Waals surface area contributed by atoms with Gasteiger partial charge in [0, 0.05) is 18.8 Å². The number of benzene rings is 1. The first kappa shape index (κ1) is 19.4. The molecule has 6 heteroatoms. The Hall–Kier alpha value is -0.970. The summed E-state index contributed by atoms with van der Waals surface area (Å²) in [6.45, 7) is 4.53. The fraction of sp³-hybridized carbons (Fsp3) is 0.417. The molecular formula is C12H21Cl2N3O. The highest BCUT2D eigenvalue weighted by molar-refractivity contribution is 5.99. The van der Waals surface area contributed by atoms with Crippen LogP contribution in [-0.2, 0) is 0 Å². The van der Waals surface area contributed by atoms with Gasteiger partial charge in [-0.25, -0.2) is 0 Å². The van der Waals surface area contributed by atoms with Gasteiger partial charge in [-0.05, 0) is 25.7 Å². The van der Waals surface area contributed by atoms with Crippen molar-refractivity contribution in [1.29, 1.82) is 0 Å². The first-order valence-corrected chi connectivity index (χ1v) is 5.46. The molecule has 0 aromatic heterocycles. The second-order valence-corrected chi connectivity index (χ2v) is 3.74. The third-order valence-electron chi connectivity index (χ3n) is 2.52. The molecule has 0 saturated carbocycles. The van der Waals surface area contributed by atoms with Crippen LogP contribution in [0.15, 0.2) is 24.3 Å². The Kier molecular flexibility index (Phi) is 10.8. The van der Waals surface area contributed by atoms with Crippen LogP contribution in [0.5, 0.6) is 0 Å². The van der Waals surface area contributed by atoms with Crippen molar-refractivity contribution < 1.29 is 4.79 Å². The largest absolute Gasteiger partial charge is 0.398 e. The number of rotatable bonds is 5. The van der Waals surface area contributed by atoms with Gasteiger partial charge in [0.05, 0.1) is 5.56 Å². The third kappa shape index (κ3) is 6.10. The van der Waals surface area contributed by atoms with Crippen LogP contribution in [-0.4, -0.2) is 37.5 Å². The van der Waals surface area contributed by atoms with E-state index in [9.17, 15) is 4.79 Å². The molecule has 0 atom stereocenters. The molecule has 3 N–H and O–H groups in total. The van der Waals surface area contributed by atoms with Gasteiger partial charge in [-0.1, -0.05) is 19.1 Å². The second-order valence-electron chi connectivity index (χ2n) is 3.74. The normalized spacial score (nSPS) is 9.28. The summed E-state index contributed by atoms with van der Waals surface area (Å²) < 4.78 is 0. The summed E-state index contributed by atoms with van der Waals surface area (Å²) in [4.78, 5) is 13.9. The van der Waals surface area contributed by atoms with E-state index in [4.69, 9.17) is 5.73 Å². The predicted octanol–water partition coefficient (Wildman–Crippen LogP) is 1.79. The zero-order valence-electron chi connectivity index (χ0n) is 10.7. The zero-order valence-corrected chi connectivity index (χ0v) is 12.3. The van der Waals surface area contributed by atoms with Gasteiger partial charge in [-0.15, -0.1) is 24.8 Å². The Bertz CT molecular complexity index is 361. The molecule has 0 saturated heterocycles. The summed E-state index contributed by atoms with van der Waals surface area (Å²) in [5.41, 5.74) is 6.77. The van der Waals surface area contributed by atoms with Crippen molar-refractivity contribution in [1.82, 2.24) is 10.2 Å². The number of halogens is 2. The number of nitrogens with two attached hydrogens (primary N) is 1. The summed E-state index contributed by atoms with van der Waals surface area (Å²) in [5, 5.41) is 2.84. The minimum atomic E-state index is -0.109. The number of para-hydroxylation sites is 1. The van der Waals surface area contributed by atoms with E-state index in [1.165, 1.54) is 0 Å². The molecule has 1 aromatic carbocycles. The van der Waals surface area contributed by atoms with Crippen LogP contribution in [0.2, 0.25) is 0 Å². The molecule has 1 aromatic rings. The van der Waals surface area contributed by atoms with Crippen LogP contribution >= 0.6 is 24.8 Å². The molecule has 104 valence electrons. The van der Waals surface area contributed by atoms with E-state index >= 15 is 0 Å². The average molecular weight is 294 g/mol. The molecule has 1 amide bonds. The van der Waals surface area contributed by atoms with E-state index in [0.29, 0.717) is 17.8 Å². The molecule has 4 nitrogen and oxygen atoms in total. The van der Waals surface area contributed by atoms with Crippen LogP contribution in [0.3, 0.4) is 0 Å². The number of hydrogen-bond donors (Lipinski definition) is 2. The summed E-state index contributed by atoms with van der Waals surface area (Å²) in [5.74, 6) is -0.109. The molecule has 1 rings (SSSR count).